The third-order valence-electron chi connectivity index (χ3n) is 2.05. The summed E-state index contributed by atoms with van der Waals surface area (Å²) in [6, 6.07) is 19.4. The molecule has 2 aromatic carbocycles. The second kappa shape index (κ2) is 12.0. The van der Waals surface area contributed by atoms with Crippen molar-refractivity contribution in [2.75, 3.05) is 10.6 Å². The molecule has 0 aliphatic rings. The van der Waals surface area contributed by atoms with Crippen LogP contribution in [0.25, 0.3) is 0 Å². The molecule has 0 heterocycles. The first-order valence-electron chi connectivity index (χ1n) is 5.68. The van der Waals surface area contributed by atoms with E-state index >= 15 is 0 Å². The van der Waals surface area contributed by atoms with Crippen LogP contribution in [0.4, 0.5) is 11.4 Å². The van der Waals surface area contributed by atoms with Crippen molar-refractivity contribution < 1.29 is 16.5 Å². The minimum atomic E-state index is 0. The molecule has 2 aromatic rings. The molecule has 0 spiro atoms. The molecule has 0 saturated carbocycles. The maximum Gasteiger partial charge on any atom is 2.00 e. The summed E-state index contributed by atoms with van der Waals surface area (Å²) in [6.07, 6.45) is 0. The van der Waals surface area contributed by atoms with E-state index in [4.69, 9.17) is 25.3 Å². The number of thiol groups is 2. The van der Waals surface area contributed by atoms with Gasteiger partial charge in [0.1, 0.15) is 8.64 Å². The third-order valence-corrected chi connectivity index (χ3v) is 2.48. The minimum Gasteiger partial charge on any atom is -0.673 e. The molecule has 0 aliphatic carbocycles. The molecule has 2 rings (SSSR count). The first-order valence-corrected chi connectivity index (χ1v) is 7.39. The fraction of sp³-hybridized carbons (Fsp3) is 0. The number of anilines is 2. The molecule has 21 heavy (non-hydrogen) atoms. The van der Waals surface area contributed by atoms with Crippen molar-refractivity contribution in [1.29, 1.82) is 0 Å². The smallest absolute Gasteiger partial charge is 0.673 e. The van der Waals surface area contributed by atoms with Crippen molar-refractivity contribution in [2.24, 2.45) is 0 Å². The van der Waals surface area contributed by atoms with Gasteiger partial charge in [-0.1, -0.05) is 36.4 Å². The van der Waals surface area contributed by atoms with E-state index in [-0.39, 0.29) is 16.5 Å². The van der Waals surface area contributed by atoms with Gasteiger partial charge in [-0.15, -0.1) is 0 Å². The summed E-state index contributed by atoms with van der Waals surface area (Å²) >= 11 is 17.3. The molecule has 0 fully saturated rings. The average Bonchev–Trinajstić information content (AvgIpc) is 2.40. The Balaban J connectivity index is 0.000000364. The van der Waals surface area contributed by atoms with Crippen LogP contribution in [0, 0.1) is 0 Å². The number of hydrogen-bond acceptors (Lipinski definition) is 2. The zero-order chi connectivity index (χ0) is 14.8. The first-order chi connectivity index (χ1) is 9.58. The van der Waals surface area contributed by atoms with Gasteiger partial charge in [-0.05, 0) is 24.3 Å². The Morgan fingerprint density at radius 2 is 0.952 bits per heavy atom. The van der Waals surface area contributed by atoms with Crippen LogP contribution in [0.3, 0.4) is 0 Å². The molecule has 0 aromatic heterocycles. The molecule has 2 nitrogen and oxygen atoms in total. The van der Waals surface area contributed by atoms with E-state index in [9.17, 15) is 0 Å². The Kier molecular flexibility index (Phi) is 11.7. The SMILES string of the molecule is [Ni+2].[S-]C(=[SH+])Nc1ccccc1.[S-]C(=[SH+])Nc1ccccc1. The van der Waals surface area contributed by atoms with Gasteiger partial charge < -0.3 is 35.9 Å². The normalized spacial score (nSPS) is 8.48. The number of nitrogens with one attached hydrogen (secondary N) is 2. The van der Waals surface area contributed by atoms with Crippen LogP contribution in [0.1, 0.15) is 0 Å². The predicted molar refractivity (Wildman–Crippen MR) is 102 cm³/mol. The molecular weight excluding hydrogens is 383 g/mol. The fourth-order valence-corrected chi connectivity index (χ4v) is 1.78. The van der Waals surface area contributed by atoms with E-state index in [1.807, 2.05) is 60.7 Å². The van der Waals surface area contributed by atoms with Crippen LogP contribution in [-0.2, 0) is 66.2 Å². The van der Waals surface area contributed by atoms with Crippen molar-refractivity contribution in [3.05, 3.63) is 60.7 Å². The van der Waals surface area contributed by atoms with E-state index in [0.717, 1.165) is 11.4 Å². The number of benzene rings is 2. The zero-order valence-corrected chi connectivity index (χ0v) is 15.2. The average molecular weight is 397 g/mol. The van der Waals surface area contributed by atoms with Gasteiger partial charge in [0.25, 0.3) is 0 Å². The molecule has 0 atom stereocenters. The van der Waals surface area contributed by atoms with Crippen molar-refractivity contribution in [3.63, 3.8) is 0 Å². The minimum absolute atomic E-state index is 0. The molecule has 0 unspecified atom stereocenters. The van der Waals surface area contributed by atoms with Crippen LogP contribution in [0.15, 0.2) is 60.7 Å². The Hall–Kier alpha value is -0.586. The molecule has 112 valence electrons. The van der Waals surface area contributed by atoms with Crippen molar-refractivity contribution in [1.82, 2.24) is 0 Å². The van der Waals surface area contributed by atoms with Crippen molar-refractivity contribution in [3.8, 4) is 0 Å². The van der Waals surface area contributed by atoms with E-state index in [1.54, 1.807) is 0 Å². The van der Waals surface area contributed by atoms with Gasteiger partial charge in [0.2, 0.25) is 0 Å². The van der Waals surface area contributed by atoms with Gasteiger partial charge in [-0.3, -0.25) is 0 Å². The molecular formula is C14H14N2NiS4+2. The van der Waals surface area contributed by atoms with Gasteiger partial charge in [0.15, 0.2) is 24.4 Å². The molecule has 0 saturated heterocycles. The number of hydrogen-bond donors (Lipinski definition) is 2. The van der Waals surface area contributed by atoms with E-state index in [2.05, 4.69) is 35.1 Å². The summed E-state index contributed by atoms with van der Waals surface area (Å²) in [5.74, 6) is 0. The molecule has 0 amide bonds. The standard InChI is InChI=1S/2C7H7NS2.Ni/c2*9-7(10)8-6-4-2-1-3-5-6;/h2*1-5H,(H2,8,9,10);/q;;+2. The molecule has 7 heteroatoms. The van der Waals surface area contributed by atoms with Crippen molar-refractivity contribution >= 4 is 69.7 Å². The summed E-state index contributed by atoms with van der Waals surface area (Å²) < 4.78 is 0.984. The number of rotatable bonds is 2. The monoisotopic (exact) mass is 396 g/mol. The Morgan fingerprint density at radius 3 is 1.19 bits per heavy atom. The quantitative estimate of drug-likeness (QED) is 0.266. The van der Waals surface area contributed by atoms with Crippen LogP contribution >= 0.6 is 0 Å². The van der Waals surface area contributed by atoms with Gasteiger partial charge in [0.05, 0.1) is 0 Å². The second-order valence-corrected chi connectivity index (χ2v) is 5.91. The Morgan fingerprint density at radius 1 is 0.667 bits per heavy atom. The summed E-state index contributed by atoms with van der Waals surface area (Å²) in [6.45, 7) is 0. The molecule has 0 radical (unpaired) electrons. The number of para-hydroxylation sites is 2. The Bertz CT molecular complexity index is 498. The fourth-order valence-electron chi connectivity index (χ4n) is 1.29. The van der Waals surface area contributed by atoms with Crippen LogP contribution in [0.2, 0.25) is 0 Å². The maximum atomic E-state index is 4.73. The van der Waals surface area contributed by atoms with E-state index in [1.165, 1.54) is 0 Å². The third kappa shape index (κ3) is 10.7. The van der Waals surface area contributed by atoms with Crippen LogP contribution in [0.5, 0.6) is 0 Å². The second-order valence-electron chi connectivity index (χ2n) is 3.59. The maximum absolute atomic E-state index is 4.73. The summed E-state index contributed by atoms with van der Waals surface area (Å²) in [5, 5.41) is 5.80. The van der Waals surface area contributed by atoms with Crippen molar-refractivity contribution in [2.45, 2.75) is 0 Å². The molecule has 2 N–H and O–H groups in total. The van der Waals surface area contributed by atoms with Gasteiger partial charge in [-0.25, -0.2) is 0 Å². The largest absolute Gasteiger partial charge is 2.00 e. The van der Waals surface area contributed by atoms with Gasteiger partial charge in [-0.2, -0.15) is 0 Å². The molecule has 0 aliphatic heterocycles. The van der Waals surface area contributed by atoms with Gasteiger partial charge in [0, 0.05) is 11.4 Å². The first kappa shape index (κ1) is 20.4. The van der Waals surface area contributed by atoms with E-state index in [0.29, 0.717) is 8.64 Å². The Labute approximate surface area is 156 Å². The summed E-state index contributed by atoms with van der Waals surface area (Å²) in [5.41, 5.74) is 1.95. The molecule has 0 bridgehead atoms. The van der Waals surface area contributed by atoms with Crippen LogP contribution in [-0.4, -0.2) is 8.64 Å². The van der Waals surface area contributed by atoms with E-state index < -0.39 is 0 Å². The zero-order valence-electron chi connectivity index (χ0n) is 10.8. The summed E-state index contributed by atoms with van der Waals surface area (Å²) in [7, 11) is 0. The summed E-state index contributed by atoms with van der Waals surface area (Å²) in [4.78, 5) is 0. The predicted octanol–water partition coefficient (Wildman–Crippen LogP) is 2.02. The van der Waals surface area contributed by atoms with Crippen LogP contribution < -0.4 is 10.6 Å². The van der Waals surface area contributed by atoms with Gasteiger partial charge >= 0.3 is 16.5 Å². The topological polar surface area (TPSA) is 24.1 Å².